The average Bonchev–Trinajstić information content (AvgIpc) is 2.42. The Labute approximate surface area is 110 Å². The first-order valence-corrected chi connectivity index (χ1v) is 5.26. The van der Waals surface area contributed by atoms with Gasteiger partial charge in [-0.2, -0.15) is 0 Å². The zero-order chi connectivity index (χ0) is 14.7. The lowest BCUT2D eigenvalue weighted by molar-refractivity contribution is 0.102. The van der Waals surface area contributed by atoms with Crippen LogP contribution in [0.5, 0.6) is 0 Å². The molecule has 2 rings (SSSR count). The summed E-state index contributed by atoms with van der Waals surface area (Å²) in [4.78, 5) is 19.2. The van der Waals surface area contributed by atoms with Gasteiger partial charge in [-0.1, -0.05) is 0 Å². The van der Waals surface area contributed by atoms with Crippen LogP contribution in [-0.4, -0.2) is 15.9 Å². The summed E-state index contributed by atoms with van der Waals surface area (Å²) in [7, 11) is 0. The highest BCUT2D eigenvalue weighted by Crippen LogP contribution is 2.20. The van der Waals surface area contributed by atoms with Crippen molar-refractivity contribution in [1.29, 1.82) is 0 Å². The van der Waals surface area contributed by atoms with E-state index in [0.717, 1.165) is 6.20 Å². The van der Waals surface area contributed by atoms with E-state index < -0.39 is 29.0 Å². The summed E-state index contributed by atoms with van der Waals surface area (Å²) in [6, 6.07) is 0.893. The molecule has 1 heterocycles. The van der Waals surface area contributed by atoms with E-state index >= 15 is 0 Å². The molecule has 0 radical (unpaired) electrons. The molecule has 6 nitrogen and oxygen atoms in total. The minimum absolute atomic E-state index is 0.0951. The Morgan fingerprint density at radius 2 is 1.80 bits per heavy atom. The Morgan fingerprint density at radius 3 is 2.40 bits per heavy atom. The van der Waals surface area contributed by atoms with Crippen LogP contribution in [0.25, 0.3) is 0 Å². The number of carbonyl (C=O) groups is 1. The first kappa shape index (κ1) is 13.7. The average molecular weight is 283 g/mol. The second kappa shape index (κ2) is 5.53. The fourth-order valence-electron chi connectivity index (χ4n) is 1.38. The van der Waals surface area contributed by atoms with E-state index in [9.17, 15) is 18.0 Å². The van der Waals surface area contributed by atoms with Gasteiger partial charge >= 0.3 is 0 Å². The smallest absolute Gasteiger partial charge is 0.276 e. The minimum atomic E-state index is -1.24. The Bertz CT molecular complexity index is 641. The summed E-state index contributed by atoms with van der Waals surface area (Å²) in [5.41, 5.74) is 1.17. The summed E-state index contributed by atoms with van der Waals surface area (Å²) in [5.74, 6) is 0.699. The highest BCUT2D eigenvalue weighted by Gasteiger charge is 2.16. The lowest BCUT2D eigenvalue weighted by Crippen LogP contribution is -2.18. The summed E-state index contributed by atoms with van der Waals surface area (Å²) >= 11 is 0. The maximum absolute atomic E-state index is 13.4. The first-order valence-electron chi connectivity index (χ1n) is 5.26. The van der Waals surface area contributed by atoms with Crippen LogP contribution in [0.3, 0.4) is 0 Å². The van der Waals surface area contributed by atoms with Crippen molar-refractivity contribution >= 4 is 17.4 Å². The Hall–Kier alpha value is -2.68. The predicted octanol–water partition coefficient (Wildman–Crippen LogP) is 1.43. The number of amides is 1. The van der Waals surface area contributed by atoms with Crippen molar-refractivity contribution in [2.45, 2.75) is 0 Å². The predicted molar refractivity (Wildman–Crippen MR) is 64.1 cm³/mol. The highest BCUT2D eigenvalue weighted by atomic mass is 19.1. The van der Waals surface area contributed by atoms with Crippen LogP contribution in [0, 0.1) is 17.5 Å². The standard InChI is InChI=1S/C11H8F3N5O/c12-5-1-6(13)10(7(14)2-5)18-11(20)8-3-16-4-9(17-8)19-15/h1-4H,15H2,(H,17,19)(H,18,20). The Balaban J connectivity index is 2.28. The summed E-state index contributed by atoms with van der Waals surface area (Å²) < 4.78 is 39.5. The third-order valence-corrected chi connectivity index (χ3v) is 2.26. The van der Waals surface area contributed by atoms with Gasteiger partial charge in [0.2, 0.25) is 0 Å². The zero-order valence-electron chi connectivity index (χ0n) is 9.82. The molecular formula is C11H8F3N5O. The lowest BCUT2D eigenvalue weighted by Gasteiger charge is -2.07. The van der Waals surface area contributed by atoms with Gasteiger partial charge in [-0.15, -0.1) is 0 Å². The van der Waals surface area contributed by atoms with Crippen LogP contribution >= 0.6 is 0 Å². The number of hydrogen-bond acceptors (Lipinski definition) is 5. The van der Waals surface area contributed by atoms with Gasteiger partial charge < -0.3 is 10.7 Å². The summed E-state index contributed by atoms with van der Waals surface area (Å²) in [6.45, 7) is 0. The van der Waals surface area contributed by atoms with Gasteiger partial charge in [0.25, 0.3) is 5.91 Å². The van der Waals surface area contributed by atoms with Crippen molar-refractivity contribution in [2.24, 2.45) is 5.84 Å². The van der Waals surface area contributed by atoms with Gasteiger partial charge in [0.05, 0.1) is 12.4 Å². The maximum atomic E-state index is 13.4. The molecule has 0 saturated carbocycles. The normalized spacial score (nSPS) is 10.2. The van der Waals surface area contributed by atoms with Crippen molar-refractivity contribution in [3.05, 3.63) is 47.7 Å². The lowest BCUT2D eigenvalue weighted by atomic mass is 10.2. The Morgan fingerprint density at radius 1 is 1.15 bits per heavy atom. The van der Waals surface area contributed by atoms with Crippen molar-refractivity contribution in [3.63, 3.8) is 0 Å². The molecule has 0 spiro atoms. The molecule has 4 N–H and O–H groups in total. The topological polar surface area (TPSA) is 92.9 Å². The molecule has 1 aromatic carbocycles. The Kier molecular flexibility index (Phi) is 3.80. The first-order chi connectivity index (χ1) is 9.51. The molecule has 1 aromatic heterocycles. The second-order valence-electron chi connectivity index (χ2n) is 3.63. The van der Waals surface area contributed by atoms with Crippen molar-refractivity contribution < 1.29 is 18.0 Å². The van der Waals surface area contributed by atoms with Crippen molar-refractivity contribution in [3.8, 4) is 0 Å². The van der Waals surface area contributed by atoms with Crippen LogP contribution < -0.4 is 16.6 Å². The minimum Gasteiger partial charge on any atom is -0.316 e. The van der Waals surface area contributed by atoms with Gasteiger partial charge in [0.15, 0.2) is 17.5 Å². The van der Waals surface area contributed by atoms with Crippen LogP contribution in [0.1, 0.15) is 10.5 Å². The molecule has 2 aromatic rings. The molecule has 0 bridgehead atoms. The van der Waals surface area contributed by atoms with E-state index in [1.165, 1.54) is 6.20 Å². The van der Waals surface area contributed by atoms with Crippen molar-refractivity contribution in [1.82, 2.24) is 9.97 Å². The molecule has 0 saturated heterocycles. The van der Waals surface area contributed by atoms with Crippen LogP contribution in [0.4, 0.5) is 24.7 Å². The summed E-state index contributed by atoms with van der Waals surface area (Å²) in [6.07, 6.45) is 2.32. The molecular weight excluding hydrogens is 275 g/mol. The van der Waals surface area contributed by atoms with E-state index in [4.69, 9.17) is 5.84 Å². The molecule has 0 fully saturated rings. The van der Waals surface area contributed by atoms with Crippen LogP contribution in [0.2, 0.25) is 0 Å². The number of hydrazine groups is 1. The van der Waals surface area contributed by atoms with Gasteiger partial charge in [0.1, 0.15) is 17.2 Å². The largest absolute Gasteiger partial charge is 0.316 e. The van der Waals surface area contributed by atoms with E-state index in [1.54, 1.807) is 0 Å². The molecule has 0 unspecified atom stereocenters. The molecule has 9 heteroatoms. The van der Waals surface area contributed by atoms with Gasteiger partial charge in [-0.3, -0.25) is 9.78 Å². The number of benzene rings is 1. The third kappa shape index (κ3) is 2.83. The number of nitrogen functional groups attached to an aromatic ring is 1. The number of carbonyl (C=O) groups excluding carboxylic acids is 1. The van der Waals surface area contributed by atoms with E-state index in [-0.39, 0.29) is 11.5 Å². The zero-order valence-corrected chi connectivity index (χ0v) is 9.82. The quantitative estimate of drug-likeness (QED) is 0.585. The maximum Gasteiger partial charge on any atom is 0.276 e. The number of nitrogens with zero attached hydrogens (tertiary/aromatic N) is 2. The number of aromatic nitrogens is 2. The van der Waals surface area contributed by atoms with E-state index in [2.05, 4.69) is 15.4 Å². The molecule has 0 aliphatic heterocycles. The molecule has 0 aliphatic rings. The molecule has 0 aliphatic carbocycles. The fraction of sp³-hybridized carbons (Fsp3) is 0. The molecule has 1 amide bonds. The second-order valence-corrected chi connectivity index (χ2v) is 3.63. The molecule has 104 valence electrons. The monoisotopic (exact) mass is 283 g/mol. The van der Waals surface area contributed by atoms with Gasteiger partial charge in [0, 0.05) is 12.1 Å². The third-order valence-electron chi connectivity index (χ3n) is 2.26. The molecule has 0 atom stereocenters. The SMILES string of the molecule is NNc1cncc(C(=O)Nc2c(F)cc(F)cc2F)n1. The highest BCUT2D eigenvalue weighted by molar-refractivity contribution is 6.03. The number of nitrogens with one attached hydrogen (secondary N) is 2. The van der Waals surface area contributed by atoms with Crippen molar-refractivity contribution in [2.75, 3.05) is 10.7 Å². The van der Waals surface area contributed by atoms with E-state index in [1.807, 2.05) is 5.32 Å². The number of nitrogens with two attached hydrogens (primary N) is 1. The van der Waals surface area contributed by atoms with Gasteiger partial charge in [-0.05, 0) is 0 Å². The number of halogens is 3. The van der Waals surface area contributed by atoms with Gasteiger partial charge in [-0.25, -0.2) is 24.0 Å². The molecule has 20 heavy (non-hydrogen) atoms. The van der Waals surface area contributed by atoms with Crippen LogP contribution in [-0.2, 0) is 0 Å². The van der Waals surface area contributed by atoms with Crippen LogP contribution in [0.15, 0.2) is 24.5 Å². The van der Waals surface area contributed by atoms with E-state index in [0.29, 0.717) is 12.1 Å². The fourth-order valence-corrected chi connectivity index (χ4v) is 1.38. The number of rotatable bonds is 3. The summed E-state index contributed by atoms with van der Waals surface area (Å²) in [5, 5.41) is 1.95. The number of hydrogen-bond donors (Lipinski definition) is 3. The number of anilines is 2.